The third kappa shape index (κ3) is 5.97. The van der Waals surface area contributed by atoms with E-state index in [1.165, 1.54) is 29.8 Å². The van der Waals surface area contributed by atoms with E-state index < -0.39 is 10.0 Å². The SMILES string of the molecule is Cc1ccc(CNC(=O)c2ccc(S(=O)(=O)NCCC(C)C)cc2)cc1. The summed E-state index contributed by atoms with van der Waals surface area (Å²) in [6, 6.07) is 13.9. The molecule has 0 aliphatic heterocycles. The highest BCUT2D eigenvalue weighted by molar-refractivity contribution is 7.89. The quantitative estimate of drug-likeness (QED) is 0.745. The second-order valence-electron chi connectivity index (χ2n) is 6.77. The molecule has 2 rings (SSSR count). The minimum absolute atomic E-state index is 0.163. The molecule has 6 heteroatoms. The van der Waals surface area contributed by atoms with E-state index in [0.29, 0.717) is 24.6 Å². The molecule has 5 nitrogen and oxygen atoms in total. The number of aryl methyl sites for hydroxylation is 1. The van der Waals surface area contributed by atoms with E-state index in [-0.39, 0.29) is 10.8 Å². The summed E-state index contributed by atoms with van der Waals surface area (Å²) in [5, 5.41) is 2.84. The molecular formula is C20H26N2O3S. The Morgan fingerprint density at radius 2 is 1.62 bits per heavy atom. The highest BCUT2D eigenvalue weighted by Gasteiger charge is 2.14. The average molecular weight is 375 g/mol. The molecule has 0 saturated heterocycles. The lowest BCUT2D eigenvalue weighted by atomic mass is 10.1. The van der Waals surface area contributed by atoms with Crippen LogP contribution in [0.3, 0.4) is 0 Å². The van der Waals surface area contributed by atoms with Crippen LogP contribution >= 0.6 is 0 Å². The van der Waals surface area contributed by atoms with Crippen LogP contribution in [0, 0.1) is 12.8 Å². The fraction of sp³-hybridized carbons (Fsp3) is 0.350. The molecule has 2 N–H and O–H groups in total. The Balaban J connectivity index is 1.95. The van der Waals surface area contributed by atoms with Crippen LogP contribution in [-0.4, -0.2) is 20.9 Å². The van der Waals surface area contributed by atoms with E-state index >= 15 is 0 Å². The van der Waals surface area contributed by atoms with Gasteiger partial charge < -0.3 is 5.32 Å². The number of benzene rings is 2. The third-order valence-corrected chi connectivity index (χ3v) is 5.49. The molecule has 0 aliphatic rings. The van der Waals surface area contributed by atoms with Crippen LogP contribution in [0.5, 0.6) is 0 Å². The monoisotopic (exact) mass is 374 g/mol. The van der Waals surface area contributed by atoms with Crippen molar-refractivity contribution in [2.45, 2.75) is 38.6 Å². The highest BCUT2D eigenvalue weighted by Crippen LogP contribution is 2.11. The third-order valence-electron chi connectivity index (χ3n) is 4.01. The summed E-state index contributed by atoms with van der Waals surface area (Å²) in [5.41, 5.74) is 2.61. The van der Waals surface area contributed by atoms with Gasteiger partial charge in [-0.1, -0.05) is 43.7 Å². The van der Waals surface area contributed by atoms with Crippen LogP contribution in [0.25, 0.3) is 0 Å². The lowest BCUT2D eigenvalue weighted by molar-refractivity contribution is 0.0951. The number of amides is 1. The van der Waals surface area contributed by atoms with Gasteiger partial charge in [0.15, 0.2) is 0 Å². The molecule has 0 fully saturated rings. The van der Waals surface area contributed by atoms with Gasteiger partial charge in [-0.25, -0.2) is 13.1 Å². The molecule has 0 aromatic heterocycles. The summed E-state index contributed by atoms with van der Waals surface area (Å²) in [6.07, 6.45) is 0.777. The first-order valence-electron chi connectivity index (χ1n) is 8.71. The Morgan fingerprint density at radius 3 is 2.19 bits per heavy atom. The zero-order chi connectivity index (χ0) is 19.2. The Hall–Kier alpha value is -2.18. The van der Waals surface area contributed by atoms with Gasteiger partial charge in [-0.05, 0) is 49.1 Å². The summed E-state index contributed by atoms with van der Waals surface area (Å²) in [6.45, 7) is 6.92. The van der Waals surface area contributed by atoms with Crippen LogP contribution in [0.1, 0.15) is 41.8 Å². The minimum Gasteiger partial charge on any atom is -0.348 e. The van der Waals surface area contributed by atoms with Gasteiger partial charge in [-0.3, -0.25) is 4.79 Å². The molecule has 0 atom stereocenters. The largest absolute Gasteiger partial charge is 0.348 e. The molecule has 0 heterocycles. The minimum atomic E-state index is -3.54. The second-order valence-corrected chi connectivity index (χ2v) is 8.54. The van der Waals surface area contributed by atoms with E-state index in [1.54, 1.807) is 0 Å². The van der Waals surface area contributed by atoms with Crippen LogP contribution in [-0.2, 0) is 16.6 Å². The van der Waals surface area contributed by atoms with Crippen molar-refractivity contribution in [3.05, 3.63) is 65.2 Å². The molecule has 140 valence electrons. The number of hydrogen-bond acceptors (Lipinski definition) is 3. The Kier molecular flexibility index (Phi) is 6.94. The molecule has 1 amide bonds. The predicted molar refractivity (Wildman–Crippen MR) is 103 cm³/mol. The molecule has 0 bridgehead atoms. The molecule has 0 unspecified atom stereocenters. The lowest BCUT2D eigenvalue weighted by Crippen LogP contribution is -2.26. The van der Waals surface area contributed by atoms with Gasteiger partial charge in [0.2, 0.25) is 10.0 Å². The van der Waals surface area contributed by atoms with E-state index in [2.05, 4.69) is 10.0 Å². The maximum absolute atomic E-state index is 12.2. The van der Waals surface area contributed by atoms with E-state index in [1.807, 2.05) is 45.0 Å². The van der Waals surface area contributed by atoms with Crippen LogP contribution in [0.15, 0.2) is 53.4 Å². The van der Waals surface area contributed by atoms with Gasteiger partial charge in [-0.2, -0.15) is 0 Å². The maximum atomic E-state index is 12.2. The summed E-state index contributed by atoms with van der Waals surface area (Å²) < 4.78 is 27.0. The van der Waals surface area contributed by atoms with E-state index in [0.717, 1.165) is 12.0 Å². The van der Waals surface area contributed by atoms with Crippen molar-refractivity contribution in [2.75, 3.05) is 6.54 Å². The van der Waals surface area contributed by atoms with Crippen LogP contribution in [0.4, 0.5) is 0 Å². The molecule has 0 radical (unpaired) electrons. The van der Waals surface area contributed by atoms with Gasteiger partial charge in [0.1, 0.15) is 0 Å². The number of carbonyl (C=O) groups excluding carboxylic acids is 1. The normalized spacial score (nSPS) is 11.5. The van der Waals surface area contributed by atoms with E-state index in [9.17, 15) is 13.2 Å². The Bertz CT molecular complexity index is 826. The summed E-state index contributed by atoms with van der Waals surface area (Å²) in [5.74, 6) is 0.194. The fourth-order valence-corrected chi connectivity index (χ4v) is 3.39. The van der Waals surface area contributed by atoms with Crippen LogP contribution < -0.4 is 10.0 Å². The van der Waals surface area contributed by atoms with E-state index in [4.69, 9.17) is 0 Å². The predicted octanol–water partition coefficient (Wildman–Crippen LogP) is 3.25. The smallest absolute Gasteiger partial charge is 0.251 e. The average Bonchev–Trinajstić information content (AvgIpc) is 2.60. The zero-order valence-electron chi connectivity index (χ0n) is 15.5. The lowest BCUT2D eigenvalue weighted by Gasteiger charge is -2.09. The molecular weight excluding hydrogens is 348 g/mol. The van der Waals surface area contributed by atoms with Crippen molar-refractivity contribution in [3.8, 4) is 0 Å². The van der Waals surface area contributed by atoms with Gasteiger partial charge in [0.25, 0.3) is 5.91 Å². The first-order valence-corrected chi connectivity index (χ1v) is 10.2. The van der Waals surface area contributed by atoms with Crippen LogP contribution in [0.2, 0.25) is 0 Å². The summed E-state index contributed by atoms with van der Waals surface area (Å²) in [4.78, 5) is 12.4. The summed E-state index contributed by atoms with van der Waals surface area (Å²) >= 11 is 0. The Labute approximate surface area is 155 Å². The summed E-state index contributed by atoms with van der Waals surface area (Å²) in [7, 11) is -3.54. The molecule has 0 saturated carbocycles. The van der Waals surface area contributed by atoms with Crippen molar-refractivity contribution in [3.63, 3.8) is 0 Å². The van der Waals surface area contributed by atoms with Crippen molar-refractivity contribution in [1.29, 1.82) is 0 Å². The standard InChI is InChI=1S/C20H26N2O3S/c1-15(2)12-13-22-26(24,25)19-10-8-18(9-11-19)20(23)21-14-17-6-4-16(3)5-7-17/h4-11,15,22H,12-14H2,1-3H3,(H,21,23). The number of carbonyl (C=O) groups is 1. The first kappa shape index (κ1) is 20.1. The first-order chi connectivity index (χ1) is 12.3. The van der Waals surface area contributed by atoms with Gasteiger partial charge in [0.05, 0.1) is 4.90 Å². The number of sulfonamides is 1. The fourth-order valence-electron chi connectivity index (χ4n) is 2.34. The number of hydrogen-bond donors (Lipinski definition) is 2. The molecule has 0 aliphatic carbocycles. The topological polar surface area (TPSA) is 75.3 Å². The van der Waals surface area contributed by atoms with Gasteiger partial charge in [-0.15, -0.1) is 0 Å². The van der Waals surface area contributed by atoms with Crippen molar-refractivity contribution < 1.29 is 13.2 Å². The van der Waals surface area contributed by atoms with Crippen molar-refractivity contribution in [1.82, 2.24) is 10.0 Å². The zero-order valence-corrected chi connectivity index (χ0v) is 16.3. The highest BCUT2D eigenvalue weighted by atomic mass is 32.2. The van der Waals surface area contributed by atoms with Crippen molar-refractivity contribution >= 4 is 15.9 Å². The van der Waals surface area contributed by atoms with Crippen molar-refractivity contribution in [2.24, 2.45) is 5.92 Å². The number of rotatable bonds is 8. The van der Waals surface area contributed by atoms with Gasteiger partial charge in [0, 0.05) is 18.7 Å². The molecule has 2 aromatic rings. The molecule has 26 heavy (non-hydrogen) atoms. The van der Waals surface area contributed by atoms with Gasteiger partial charge >= 0.3 is 0 Å². The second kappa shape index (κ2) is 8.96. The number of nitrogens with one attached hydrogen (secondary N) is 2. The molecule has 2 aromatic carbocycles. The Morgan fingerprint density at radius 1 is 1.00 bits per heavy atom. The maximum Gasteiger partial charge on any atom is 0.251 e. The molecule has 0 spiro atoms.